The molecular weight excluding hydrogens is 337 g/mol. The fraction of sp³-hybridized carbons (Fsp3) is 0.474. The van der Waals surface area contributed by atoms with E-state index in [1.165, 1.54) is 12.1 Å². The third-order valence-corrected chi connectivity index (χ3v) is 5.38. The quantitative estimate of drug-likeness (QED) is 0.865. The van der Waals surface area contributed by atoms with Crippen LogP contribution < -0.4 is 5.32 Å². The smallest absolute Gasteiger partial charge is 0.270 e. The molecule has 0 saturated carbocycles. The van der Waals surface area contributed by atoms with Gasteiger partial charge in [-0.1, -0.05) is 6.92 Å². The van der Waals surface area contributed by atoms with Gasteiger partial charge in [0.25, 0.3) is 11.8 Å². The number of piperidine rings is 1. The molecular formula is C19H22FN3O3. The van der Waals surface area contributed by atoms with Crippen LogP contribution in [-0.2, 0) is 9.53 Å². The van der Waals surface area contributed by atoms with Crippen LogP contribution >= 0.6 is 0 Å². The molecule has 1 aromatic carbocycles. The molecule has 7 heteroatoms. The Balaban J connectivity index is 1.49. The van der Waals surface area contributed by atoms with Gasteiger partial charge < -0.3 is 19.9 Å². The number of halogens is 1. The highest BCUT2D eigenvalue weighted by molar-refractivity contribution is 5.99. The molecule has 2 aliphatic rings. The second kappa shape index (κ2) is 6.09. The van der Waals surface area contributed by atoms with Crippen molar-refractivity contribution in [3.63, 3.8) is 0 Å². The van der Waals surface area contributed by atoms with Crippen LogP contribution in [0.4, 0.5) is 4.39 Å². The molecule has 0 radical (unpaired) electrons. The van der Waals surface area contributed by atoms with Gasteiger partial charge in [0, 0.05) is 36.8 Å². The fourth-order valence-corrected chi connectivity index (χ4v) is 3.90. The summed E-state index contributed by atoms with van der Waals surface area (Å²) in [5.41, 5.74) is 1.22. The second-order valence-electron chi connectivity index (χ2n) is 7.16. The van der Waals surface area contributed by atoms with Gasteiger partial charge >= 0.3 is 0 Å². The molecule has 4 rings (SSSR count). The summed E-state index contributed by atoms with van der Waals surface area (Å²) < 4.78 is 19.5. The minimum atomic E-state index is -0.644. The van der Waals surface area contributed by atoms with Crippen LogP contribution in [-0.4, -0.2) is 46.6 Å². The van der Waals surface area contributed by atoms with Crippen molar-refractivity contribution in [3.8, 4) is 0 Å². The van der Waals surface area contributed by atoms with E-state index < -0.39 is 11.8 Å². The molecule has 3 heterocycles. The van der Waals surface area contributed by atoms with Gasteiger partial charge in [-0.05, 0) is 37.1 Å². The number of amides is 2. The maximum absolute atomic E-state index is 13.6. The number of carbonyl (C=O) groups excluding carboxylic acids is 2. The molecule has 1 unspecified atom stereocenters. The molecule has 6 nitrogen and oxygen atoms in total. The SMILES string of the molecule is CCC1OC2(CCN(C(=O)c3cc4c(C)cc(F)cc4[nH]3)CC2)NC1=O. The number of nitrogens with zero attached hydrogens (tertiary/aromatic N) is 1. The number of nitrogens with one attached hydrogen (secondary N) is 2. The third kappa shape index (κ3) is 2.76. The maximum atomic E-state index is 13.6. The molecule has 1 aromatic heterocycles. The van der Waals surface area contributed by atoms with E-state index in [4.69, 9.17) is 4.74 Å². The average Bonchev–Trinajstić information content (AvgIpc) is 3.16. The van der Waals surface area contributed by atoms with Crippen LogP contribution in [0.1, 0.15) is 42.2 Å². The summed E-state index contributed by atoms with van der Waals surface area (Å²) in [6.45, 7) is 4.74. The van der Waals surface area contributed by atoms with Crippen LogP contribution in [0.25, 0.3) is 10.9 Å². The van der Waals surface area contributed by atoms with E-state index in [1.54, 1.807) is 11.0 Å². The largest absolute Gasteiger partial charge is 0.350 e. The summed E-state index contributed by atoms with van der Waals surface area (Å²) in [6.07, 6.45) is 1.37. The lowest BCUT2D eigenvalue weighted by Gasteiger charge is -2.38. The number of aryl methyl sites for hydroxylation is 1. The molecule has 1 spiro atoms. The van der Waals surface area contributed by atoms with Gasteiger partial charge in [-0.25, -0.2) is 4.39 Å². The Kier molecular flexibility index (Phi) is 3.99. The number of aromatic amines is 1. The Bertz CT molecular complexity index is 884. The monoisotopic (exact) mass is 359 g/mol. The van der Waals surface area contributed by atoms with Crippen LogP contribution in [0.3, 0.4) is 0 Å². The van der Waals surface area contributed by atoms with Gasteiger partial charge in [-0.2, -0.15) is 0 Å². The number of fused-ring (bicyclic) bond motifs is 1. The van der Waals surface area contributed by atoms with E-state index >= 15 is 0 Å². The number of hydrogen-bond acceptors (Lipinski definition) is 3. The van der Waals surface area contributed by atoms with Crippen molar-refractivity contribution in [3.05, 3.63) is 35.3 Å². The number of benzene rings is 1. The number of likely N-dealkylation sites (tertiary alicyclic amines) is 1. The fourth-order valence-electron chi connectivity index (χ4n) is 3.90. The molecule has 2 amide bonds. The minimum Gasteiger partial charge on any atom is -0.350 e. The predicted octanol–water partition coefficient (Wildman–Crippen LogP) is 2.47. The van der Waals surface area contributed by atoms with Gasteiger partial charge in [-0.3, -0.25) is 9.59 Å². The van der Waals surface area contributed by atoms with Crippen molar-refractivity contribution in [1.29, 1.82) is 0 Å². The first-order valence-electron chi connectivity index (χ1n) is 8.99. The first-order valence-corrected chi connectivity index (χ1v) is 8.99. The van der Waals surface area contributed by atoms with Gasteiger partial charge in [-0.15, -0.1) is 0 Å². The van der Waals surface area contributed by atoms with Gasteiger partial charge in [0.05, 0.1) is 0 Å². The molecule has 26 heavy (non-hydrogen) atoms. The van der Waals surface area contributed by atoms with Crippen molar-refractivity contribution in [2.75, 3.05) is 13.1 Å². The second-order valence-corrected chi connectivity index (χ2v) is 7.16. The zero-order valence-electron chi connectivity index (χ0n) is 14.9. The van der Waals surface area contributed by atoms with E-state index in [-0.39, 0.29) is 17.6 Å². The Labute approximate surface area is 150 Å². The van der Waals surface area contributed by atoms with Gasteiger partial charge in [0.1, 0.15) is 23.3 Å². The van der Waals surface area contributed by atoms with Crippen molar-refractivity contribution in [1.82, 2.24) is 15.2 Å². The zero-order valence-corrected chi connectivity index (χ0v) is 14.9. The first kappa shape index (κ1) is 17.0. The summed E-state index contributed by atoms with van der Waals surface area (Å²) in [5.74, 6) is -0.511. The Morgan fingerprint density at radius 2 is 2.08 bits per heavy atom. The number of ether oxygens (including phenoxy) is 1. The predicted molar refractivity (Wildman–Crippen MR) is 94.2 cm³/mol. The summed E-state index contributed by atoms with van der Waals surface area (Å²) >= 11 is 0. The van der Waals surface area contributed by atoms with Gasteiger partial charge in [0.15, 0.2) is 0 Å². The summed E-state index contributed by atoms with van der Waals surface area (Å²) in [6, 6.07) is 4.63. The standard InChI is InChI=1S/C19H22FN3O3/c1-3-16-17(24)22-19(26-16)4-6-23(7-5-19)18(25)15-10-13-11(2)8-12(20)9-14(13)21-15/h8-10,16,21H,3-7H2,1-2H3,(H,22,24). The number of hydrogen-bond donors (Lipinski definition) is 2. The lowest BCUT2D eigenvalue weighted by atomic mass is 10.0. The molecule has 2 aliphatic heterocycles. The Morgan fingerprint density at radius 3 is 2.73 bits per heavy atom. The molecule has 2 saturated heterocycles. The molecule has 2 N–H and O–H groups in total. The molecule has 1 atom stereocenters. The van der Waals surface area contributed by atoms with E-state index in [1.807, 2.05) is 13.8 Å². The number of aromatic nitrogens is 1. The first-order chi connectivity index (χ1) is 12.4. The van der Waals surface area contributed by atoms with Crippen LogP contribution in [0.15, 0.2) is 18.2 Å². The number of rotatable bonds is 2. The highest BCUT2D eigenvalue weighted by Crippen LogP contribution is 2.31. The zero-order chi connectivity index (χ0) is 18.5. The molecule has 0 aliphatic carbocycles. The molecule has 2 aromatic rings. The lowest BCUT2D eigenvalue weighted by Crippen LogP contribution is -2.53. The van der Waals surface area contributed by atoms with Crippen molar-refractivity contribution < 1.29 is 18.7 Å². The van der Waals surface area contributed by atoms with E-state index in [0.29, 0.717) is 43.6 Å². The molecule has 2 fully saturated rings. The highest BCUT2D eigenvalue weighted by atomic mass is 19.1. The van der Waals surface area contributed by atoms with E-state index in [9.17, 15) is 14.0 Å². The van der Waals surface area contributed by atoms with Crippen molar-refractivity contribution in [2.45, 2.75) is 44.9 Å². The maximum Gasteiger partial charge on any atom is 0.270 e. The molecule has 0 bridgehead atoms. The summed E-state index contributed by atoms with van der Waals surface area (Å²) in [5, 5.41) is 3.80. The Morgan fingerprint density at radius 1 is 1.35 bits per heavy atom. The van der Waals surface area contributed by atoms with Crippen LogP contribution in [0, 0.1) is 12.7 Å². The van der Waals surface area contributed by atoms with Crippen LogP contribution in [0.2, 0.25) is 0 Å². The number of carbonyl (C=O) groups is 2. The number of H-pyrrole nitrogens is 1. The Hall–Kier alpha value is -2.41. The van der Waals surface area contributed by atoms with Crippen molar-refractivity contribution >= 4 is 22.7 Å². The third-order valence-electron chi connectivity index (χ3n) is 5.38. The van der Waals surface area contributed by atoms with E-state index in [2.05, 4.69) is 10.3 Å². The lowest BCUT2D eigenvalue weighted by molar-refractivity contribution is -0.124. The van der Waals surface area contributed by atoms with Crippen LogP contribution in [0.5, 0.6) is 0 Å². The molecule has 138 valence electrons. The summed E-state index contributed by atoms with van der Waals surface area (Å²) in [7, 11) is 0. The average molecular weight is 359 g/mol. The minimum absolute atomic E-state index is 0.0691. The van der Waals surface area contributed by atoms with Gasteiger partial charge in [0.2, 0.25) is 0 Å². The highest BCUT2D eigenvalue weighted by Gasteiger charge is 2.46. The van der Waals surface area contributed by atoms with E-state index in [0.717, 1.165) is 10.9 Å². The normalized spacial score (nSPS) is 22.2. The topological polar surface area (TPSA) is 74.4 Å². The summed E-state index contributed by atoms with van der Waals surface area (Å²) in [4.78, 5) is 29.5. The van der Waals surface area contributed by atoms with Crippen molar-refractivity contribution in [2.24, 2.45) is 0 Å².